The second kappa shape index (κ2) is 6.05. The molecule has 0 aromatic heterocycles. The molecule has 15 heavy (non-hydrogen) atoms. The van der Waals surface area contributed by atoms with Crippen molar-refractivity contribution >= 4 is 22.6 Å². The van der Waals surface area contributed by atoms with Crippen LogP contribution in [0, 0.1) is 0 Å². The van der Waals surface area contributed by atoms with Gasteiger partial charge in [-0.3, -0.25) is 0 Å². The van der Waals surface area contributed by atoms with E-state index in [2.05, 4.69) is 5.32 Å². The molecule has 0 aliphatic carbocycles. The Hall–Kier alpha value is -0.650. The highest BCUT2D eigenvalue weighted by molar-refractivity contribution is 7.86. The van der Waals surface area contributed by atoms with Gasteiger partial charge < -0.3 is 5.32 Å². The highest BCUT2D eigenvalue weighted by Gasteiger charge is 2.10. The van der Waals surface area contributed by atoms with Crippen molar-refractivity contribution in [1.29, 1.82) is 0 Å². The van der Waals surface area contributed by atoms with E-state index in [1.165, 1.54) is 12.1 Å². The molecule has 0 unspecified atom stereocenters. The fraction of sp³-hybridized carbons (Fsp3) is 0.333. The van der Waals surface area contributed by atoms with Crippen LogP contribution in [0.3, 0.4) is 0 Å². The van der Waals surface area contributed by atoms with Crippen LogP contribution in [-0.2, 0) is 16.6 Å². The van der Waals surface area contributed by atoms with Gasteiger partial charge in [-0.1, -0.05) is 12.1 Å². The van der Waals surface area contributed by atoms with E-state index in [1.54, 1.807) is 12.1 Å². The summed E-state index contributed by atoms with van der Waals surface area (Å²) < 4.78 is 33.4. The maximum Gasteiger partial charge on any atom is 0.332 e. The van der Waals surface area contributed by atoms with Crippen LogP contribution in [-0.4, -0.2) is 22.0 Å². The predicted octanol–water partition coefficient (Wildman–Crippen LogP) is 1.53. The highest BCUT2D eigenvalue weighted by atomic mass is 35.5. The smallest absolute Gasteiger partial charge is 0.319 e. The van der Waals surface area contributed by atoms with Crippen LogP contribution in [0.15, 0.2) is 29.2 Å². The lowest BCUT2D eigenvalue weighted by Gasteiger charge is -2.00. The average Bonchev–Trinajstić information content (AvgIpc) is 2.14. The first-order valence-corrected chi connectivity index (χ1v) is 5.60. The predicted molar refractivity (Wildman–Crippen MR) is 59.6 cm³/mol. The summed E-state index contributed by atoms with van der Waals surface area (Å²) in [6.07, 6.45) is 0.795. The molecule has 0 fully saturated rings. The zero-order valence-corrected chi connectivity index (χ0v) is 9.87. The zero-order valence-electron chi connectivity index (χ0n) is 8.23. The van der Waals surface area contributed by atoms with Crippen molar-refractivity contribution in [1.82, 2.24) is 5.32 Å². The molecule has 86 valence electrons. The lowest BCUT2D eigenvalue weighted by molar-refractivity contribution is 0.552. The Kier molecular flexibility index (Phi) is 5.79. The quantitative estimate of drug-likeness (QED) is 0.828. The van der Waals surface area contributed by atoms with Crippen LogP contribution in [0.5, 0.6) is 0 Å². The number of hydrogen-bond acceptors (Lipinski definition) is 3. The third-order valence-corrected chi connectivity index (χ3v) is 2.70. The monoisotopic (exact) mass is 253 g/mol. The molecule has 1 N–H and O–H groups in total. The number of benzene rings is 1. The lowest BCUT2D eigenvalue weighted by Crippen LogP contribution is -2.10. The molecule has 1 aromatic rings. The normalized spacial score (nSPS) is 10.8. The van der Waals surface area contributed by atoms with Gasteiger partial charge in [0, 0.05) is 0 Å². The van der Waals surface area contributed by atoms with E-state index in [-0.39, 0.29) is 17.3 Å². The van der Waals surface area contributed by atoms with Crippen molar-refractivity contribution in [2.45, 2.75) is 11.3 Å². The van der Waals surface area contributed by atoms with Crippen LogP contribution in [0.4, 0.5) is 3.89 Å². The van der Waals surface area contributed by atoms with Gasteiger partial charge in [0.25, 0.3) is 0 Å². The number of nitrogens with one attached hydrogen (secondary N) is 1. The maximum atomic E-state index is 12.5. The fourth-order valence-corrected chi connectivity index (χ4v) is 1.55. The Morgan fingerprint density at radius 3 is 2.20 bits per heavy atom. The zero-order chi connectivity index (χ0) is 10.6. The van der Waals surface area contributed by atoms with Crippen LogP contribution in [0.2, 0.25) is 0 Å². The maximum absolute atomic E-state index is 12.5. The molecular formula is C9H13ClFNO2S. The third-order valence-electron chi connectivity index (χ3n) is 1.87. The van der Waals surface area contributed by atoms with Gasteiger partial charge >= 0.3 is 10.2 Å². The summed E-state index contributed by atoms with van der Waals surface area (Å²) in [5.74, 6) is 0. The number of hydrogen-bond donors (Lipinski definition) is 1. The molecular weight excluding hydrogens is 241 g/mol. The lowest BCUT2D eigenvalue weighted by atomic mass is 10.1. The van der Waals surface area contributed by atoms with Crippen LogP contribution < -0.4 is 5.32 Å². The van der Waals surface area contributed by atoms with Crippen molar-refractivity contribution in [2.24, 2.45) is 0 Å². The summed E-state index contributed by atoms with van der Waals surface area (Å²) >= 11 is 0. The van der Waals surface area contributed by atoms with Gasteiger partial charge in [-0.25, -0.2) is 0 Å². The first-order chi connectivity index (χ1) is 6.54. The minimum Gasteiger partial charge on any atom is -0.319 e. The summed E-state index contributed by atoms with van der Waals surface area (Å²) in [5.41, 5.74) is 0.978. The van der Waals surface area contributed by atoms with Crippen molar-refractivity contribution in [3.63, 3.8) is 0 Å². The molecule has 0 radical (unpaired) electrons. The second-order valence-corrected chi connectivity index (χ2v) is 4.28. The van der Waals surface area contributed by atoms with E-state index in [0.29, 0.717) is 0 Å². The summed E-state index contributed by atoms with van der Waals surface area (Å²) in [7, 11) is -2.72. The Morgan fingerprint density at radius 1 is 1.27 bits per heavy atom. The molecule has 0 saturated heterocycles. The molecule has 6 heteroatoms. The van der Waals surface area contributed by atoms with Crippen LogP contribution in [0.25, 0.3) is 0 Å². The molecule has 0 spiro atoms. The molecule has 0 atom stereocenters. The first-order valence-electron chi connectivity index (χ1n) is 4.22. The molecule has 0 bridgehead atoms. The molecule has 0 heterocycles. The van der Waals surface area contributed by atoms with Gasteiger partial charge in [0.1, 0.15) is 0 Å². The minimum atomic E-state index is -4.56. The fourth-order valence-electron chi connectivity index (χ4n) is 1.09. The summed E-state index contributed by atoms with van der Waals surface area (Å²) in [4.78, 5) is -0.286. The van der Waals surface area contributed by atoms with Gasteiger partial charge in [-0.05, 0) is 37.7 Å². The molecule has 0 saturated carbocycles. The van der Waals surface area contributed by atoms with Gasteiger partial charge in [-0.15, -0.1) is 16.3 Å². The van der Waals surface area contributed by atoms with E-state index in [4.69, 9.17) is 0 Å². The van der Waals surface area contributed by atoms with Gasteiger partial charge in [0.05, 0.1) is 4.90 Å². The highest BCUT2D eigenvalue weighted by Crippen LogP contribution is 2.12. The van der Waals surface area contributed by atoms with E-state index >= 15 is 0 Å². The van der Waals surface area contributed by atoms with Crippen molar-refractivity contribution in [3.05, 3.63) is 29.8 Å². The minimum absolute atomic E-state index is 0. The second-order valence-electron chi connectivity index (χ2n) is 2.94. The summed E-state index contributed by atoms with van der Waals surface area (Å²) in [5, 5.41) is 2.97. The van der Waals surface area contributed by atoms with Gasteiger partial charge in [0.2, 0.25) is 0 Å². The third kappa shape index (κ3) is 4.59. The topological polar surface area (TPSA) is 46.2 Å². The molecule has 0 aliphatic heterocycles. The number of rotatable bonds is 4. The van der Waals surface area contributed by atoms with Crippen molar-refractivity contribution in [2.75, 3.05) is 13.6 Å². The standard InChI is InChI=1S/C9H12FNO2S.ClH/c1-11-7-6-8-2-4-9(5-3-8)14(10,12)13;/h2-5,11H,6-7H2,1H3;1H. The largest absolute Gasteiger partial charge is 0.332 e. The van der Waals surface area contributed by atoms with Gasteiger partial charge in [0.15, 0.2) is 0 Å². The van der Waals surface area contributed by atoms with E-state index in [0.717, 1.165) is 18.5 Å². The number of halogens is 2. The summed E-state index contributed by atoms with van der Waals surface area (Å²) in [6.45, 7) is 0.807. The SMILES string of the molecule is CNCCc1ccc(S(=O)(=O)F)cc1.Cl. The molecule has 1 rings (SSSR count). The Morgan fingerprint density at radius 2 is 1.80 bits per heavy atom. The van der Waals surface area contributed by atoms with E-state index < -0.39 is 10.2 Å². The summed E-state index contributed by atoms with van der Waals surface area (Å²) in [6, 6.07) is 5.79. The molecule has 0 amide bonds. The Labute approximate surface area is 95.3 Å². The van der Waals surface area contributed by atoms with Crippen molar-refractivity contribution in [3.8, 4) is 0 Å². The Bertz CT molecular complexity index is 391. The van der Waals surface area contributed by atoms with Gasteiger partial charge in [-0.2, -0.15) is 8.42 Å². The molecule has 0 aliphatic rings. The van der Waals surface area contributed by atoms with Crippen LogP contribution >= 0.6 is 12.4 Å². The van der Waals surface area contributed by atoms with Crippen LogP contribution in [0.1, 0.15) is 5.56 Å². The molecule has 1 aromatic carbocycles. The number of likely N-dealkylation sites (N-methyl/N-ethyl adjacent to an activating group) is 1. The van der Waals surface area contributed by atoms with E-state index in [1.807, 2.05) is 7.05 Å². The average molecular weight is 254 g/mol. The first kappa shape index (κ1) is 14.3. The van der Waals surface area contributed by atoms with E-state index in [9.17, 15) is 12.3 Å². The van der Waals surface area contributed by atoms with Crippen molar-refractivity contribution < 1.29 is 12.3 Å². The molecule has 3 nitrogen and oxygen atoms in total. The Balaban J connectivity index is 0.00000196.